The Morgan fingerprint density at radius 2 is 1.68 bits per heavy atom. The summed E-state index contributed by atoms with van der Waals surface area (Å²) in [7, 11) is -2.62. The van der Waals surface area contributed by atoms with E-state index in [1.807, 2.05) is 12.1 Å². The molecule has 1 heterocycles. The van der Waals surface area contributed by atoms with Gasteiger partial charge in [-0.1, -0.05) is 0 Å². The van der Waals surface area contributed by atoms with Gasteiger partial charge in [0.15, 0.2) is 0 Å². The van der Waals surface area contributed by atoms with Crippen LogP contribution in [0, 0.1) is 11.7 Å². The van der Waals surface area contributed by atoms with Crippen molar-refractivity contribution >= 4 is 33.2 Å². The van der Waals surface area contributed by atoms with Crippen molar-refractivity contribution in [2.24, 2.45) is 11.7 Å². The highest BCUT2D eigenvalue weighted by molar-refractivity contribution is 7.89. The van der Waals surface area contributed by atoms with Crippen LogP contribution in [0.15, 0.2) is 53.4 Å². The first-order valence-electron chi connectivity index (χ1n) is 9.83. The number of nitrogens with one attached hydrogen (secondary N) is 1. The SMILES string of the molecule is CN(CC(=O)Nc1ccc(N2CCC(C(N)=O)CC2)cc1)S(=O)(=O)c1ccc(F)cc1. The summed E-state index contributed by atoms with van der Waals surface area (Å²) in [4.78, 5) is 25.7. The van der Waals surface area contributed by atoms with Crippen molar-refractivity contribution in [3.8, 4) is 0 Å². The molecule has 0 aliphatic carbocycles. The second kappa shape index (κ2) is 9.44. The molecular formula is C21H25FN4O4S. The number of primary amides is 1. The average molecular weight is 449 g/mol. The summed E-state index contributed by atoms with van der Waals surface area (Å²) in [5, 5.41) is 2.67. The van der Waals surface area contributed by atoms with Gasteiger partial charge in [0.25, 0.3) is 0 Å². The molecule has 166 valence electrons. The highest BCUT2D eigenvalue weighted by Crippen LogP contribution is 2.24. The van der Waals surface area contributed by atoms with E-state index in [2.05, 4.69) is 10.2 Å². The van der Waals surface area contributed by atoms with Gasteiger partial charge in [-0.05, 0) is 61.4 Å². The number of carbonyl (C=O) groups is 2. The molecule has 1 saturated heterocycles. The van der Waals surface area contributed by atoms with Crippen LogP contribution in [0.2, 0.25) is 0 Å². The molecule has 0 spiro atoms. The Labute approximate surface area is 180 Å². The van der Waals surface area contributed by atoms with E-state index in [9.17, 15) is 22.4 Å². The number of piperidine rings is 1. The largest absolute Gasteiger partial charge is 0.371 e. The number of rotatable bonds is 7. The fourth-order valence-electron chi connectivity index (χ4n) is 3.45. The lowest BCUT2D eigenvalue weighted by Gasteiger charge is -2.32. The standard InChI is InChI=1S/C21H25FN4O4S/c1-25(31(29,30)19-8-2-16(22)3-9-19)14-20(27)24-17-4-6-18(7-5-17)26-12-10-15(11-13-26)21(23)28/h2-9,15H,10-14H2,1H3,(H2,23,28)(H,24,27). The predicted octanol–water partition coefficient (Wildman–Crippen LogP) is 1.79. The summed E-state index contributed by atoms with van der Waals surface area (Å²) in [5.74, 6) is -1.38. The van der Waals surface area contributed by atoms with Crippen LogP contribution < -0.4 is 16.0 Å². The van der Waals surface area contributed by atoms with Crippen LogP contribution in [0.1, 0.15) is 12.8 Å². The van der Waals surface area contributed by atoms with Gasteiger partial charge in [0.2, 0.25) is 21.8 Å². The summed E-state index contributed by atoms with van der Waals surface area (Å²) in [6.45, 7) is 1.07. The molecule has 1 aliphatic rings. The lowest BCUT2D eigenvalue weighted by Crippen LogP contribution is -2.38. The average Bonchev–Trinajstić information content (AvgIpc) is 2.74. The van der Waals surface area contributed by atoms with Crippen LogP contribution in [0.4, 0.5) is 15.8 Å². The molecule has 3 rings (SSSR count). The Morgan fingerprint density at radius 3 is 2.23 bits per heavy atom. The van der Waals surface area contributed by atoms with E-state index >= 15 is 0 Å². The van der Waals surface area contributed by atoms with Crippen LogP contribution >= 0.6 is 0 Å². The number of hydrogen-bond donors (Lipinski definition) is 2. The van der Waals surface area contributed by atoms with Crippen molar-refractivity contribution in [2.45, 2.75) is 17.7 Å². The fourth-order valence-corrected chi connectivity index (χ4v) is 4.58. The Balaban J connectivity index is 1.56. The molecule has 3 N–H and O–H groups in total. The van der Waals surface area contributed by atoms with Gasteiger partial charge in [0.05, 0.1) is 11.4 Å². The van der Waals surface area contributed by atoms with E-state index in [1.54, 1.807) is 12.1 Å². The van der Waals surface area contributed by atoms with Gasteiger partial charge in [-0.25, -0.2) is 12.8 Å². The minimum absolute atomic E-state index is 0.0852. The smallest absolute Gasteiger partial charge is 0.243 e. The van der Waals surface area contributed by atoms with Gasteiger partial charge in [-0.3, -0.25) is 9.59 Å². The predicted molar refractivity (Wildman–Crippen MR) is 115 cm³/mol. The Morgan fingerprint density at radius 1 is 1.10 bits per heavy atom. The van der Waals surface area contributed by atoms with Crippen molar-refractivity contribution in [2.75, 3.05) is 36.9 Å². The van der Waals surface area contributed by atoms with E-state index in [4.69, 9.17) is 5.73 Å². The summed E-state index contributed by atoms with van der Waals surface area (Å²) < 4.78 is 39.0. The Hall–Kier alpha value is -2.98. The molecule has 0 bridgehead atoms. The normalized spacial score (nSPS) is 15.1. The molecule has 2 aromatic rings. The van der Waals surface area contributed by atoms with Crippen molar-refractivity contribution < 1.29 is 22.4 Å². The van der Waals surface area contributed by atoms with E-state index < -0.39 is 21.7 Å². The van der Waals surface area contributed by atoms with Crippen LogP contribution in [-0.2, 0) is 19.6 Å². The lowest BCUT2D eigenvalue weighted by atomic mass is 9.96. The summed E-state index contributed by atoms with van der Waals surface area (Å²) >= 11 is 0. The van der Waals surface area contributed by atoms with Crippen LogP contribution in [0.3, 0.4) is 0 Å². The van der Waals surface area contributed by atoms with Crippen LogP contribution in [-0.4, -0.2) is 51.2 Å². The van der Waals surface area contributed by atoms with Gasteiger partial charge < -0.3 is 16.0 Å². The second-order valence-corrected chi connectivity index (χ2v) is 9.52. The Kier molecular flexibility index (Phi) is 6.91. The molecule has 0 unspecified atom stereocenters. The topological polar surface area (TPSA) is 113 Å². The van der Waals surface area contributed by atoms with Crippen LogP contribution in [0.5, 0.6) is 0 Å². The summed E-state index contributed by atoms with van der Waals surface area (Å²) in [5.41, 5.74) is 6.87. The maximum atomic E-state index is 13.0. The number of carbonyl (C=O) groups excluding carboxylic acids is 2. The van der Waals surface area contributed by atoms with Gasteiger partial charge in [-0.2, -0.15) is 4.31 Å². The maximum absolute atomic E-state index is 13.0. The van der Waals surface area contributed by atoms with Gasteiger partial charge in [-0.15, -0.1) is 0 Å². The van der Waals surface area contributed by atoms with Crippen molar-refractivity contribution in [3.05, 3.63) is 54.3 Å². The zero-order chi connectivity index (χ0) is 22.6. The zero-order valence-electron chi connectivity index (χ0n) is 17.1. The first-order valence-corrected chi connectivity index (χ1v) is 11.3. The van der Waals surface area contributed by atoms with E-state index in [-0.39, 0.29) is 23.3 Å². The van der Waals surface area contributed by atoms with E-state index in [1.165, 1.54) is 7.05 Å². The highest BCUT2D eigenvalue weighted by Gasteiger charge is 2.24. The molecule has 8 nitrogen and oxygen atoms in total. The minimum Gasteiger partial charge on any atom is -0.371 e. The monoisotopic (exact) mass is 448 g/mol. The molecule has 31 heavy (non-hydrogen) atoms. The molecular weight excluding hydrogens is 423 g/mol. The number of halogens is 1. The molecule has 10 heteroatoms. The quantitative estimate of drug-likeness (QED) is 0.671. The second-order valence-electron chi connectivity index (χ2n) is 7.47. The number of nitrogens with zero attached hydrogens (tertiary/aromatic N) is 2. The van der Waals surface area contributed by atoms with Crippen molar-refractivity contribution in [1.29, 1.82) is 0 Å². The number of sulfonamides is 1. The molecule has 2 aromatic carbocycles. The lowest BCUT2D eigenvalue weighted by molar-refractivity contribution is -0.122. The van der Waals surface area contributed by atoms with Gasteiger partial charge in [0.1, 0.15) is 5.82 Å². The third-order valence-corrected chi connectivity index (χ3v) is 7.12. The first kappa shape index (κ1) is 22.7. The molecule has 0 radical (unpaired) electrons. The molecule has 0 atom stereocenters. The van der Waals surface area contributed by atoms with Crippen LogP contribution in [0.25, 0.3) is 0 Å². The Bertz CT molecular complexity index is 1030. The highest BCUT2D eigenvalue weighted by atomic mass is 32.2. The number of amides is 2. The molecule has 0 aromatic heterocycles. The fraction of sp³-hybridized carbons (Fsp3) is 0.333. The molecule has 0 saturated carbocycles. The number of anilines is 2. The minimum atomic E-state index is -3.91. The number of nitrogens with two attached hydrogens (primary N) is 1. The van der Waals surface area contributed by atoms with Gasteiger partial charge in [0, 0.05) is 37.4 Å². The van der Waals surface area contributed by atoms with E-state index in [0.29, 0.717) is 18.5 Å². The zero-order valence-corrected chi connectivity index (χ0v) is 17.9. The number of likely N-dealkylation sites (N-methyl/N-ethyl adjacent to an activating group) is 1. The van der Waals surface area contributed by atoms with E-state index in [0.717, 1.165) is 47.3 Å². The first-order chi connectivity index (χ1) is 14.7. The third kappa shape index (κ3) is 5.59. The van der Waals surface area contributed by atoms with Crippen molar-refractivity contribution in [3.63, 3.8) is 0 Å². The maximum Gasteiger partial charge on any atom is 0.243 e. The molecule has 2 amide bonds. The molecule has 1 aliphatic heterocycles. The van der Waals surface area contributed by atoms with Gasteiger partial charge >= 0.3 is 0 Å². The van der Waals surface area contributed by atoms with Crippen molar-refractivity contribution in [1.82, 2.24) is 4.31 Å². The number of hydrogen-bond acceptors (Lipinski definition) is 5. The summed E-state index contributed by atoms with van der Waals surface area (Å²) in [6.07, 6.45) is 1.42. The summed E-state index contributed by atoms with van der Waals surface area (Å²) in [6, 6.07) is 11.6. The third-order valence-electron chi connectivity index (χ3n) is 5.30. The molecule has 1 fully saturated rings. The number of benzene rings is 2.